The fourth-order valence-corrected chi connectivity index (χ4v) is 3.59. The molecule has 0 spiro atoms. The first kappa shape index (κ1) is 20.2. The maximum Gasteiger partial charge on any atom is 0.260 e. The number of ether oxygens (including phenoxy) is 1. The number of amides is 1. The van der Waals surface area contributed by atoms with Crippen LogP contribution in [0.5, 0.6) is 5.75 Å². The van der Waals surface area contributed by atoms with Gasteiger partial charge in [-0.25, -0.2) is 0 Å². The van der Waals surface area contributed by atoms with Crippen LogP contribution in [0.25, 0.3) is 11.3 Å². The Morgan fingerprint density at radius 2 is 1.70 bits per heavy atom. The van der Waals surface area contributed by atoms with Gasteiger partial charge in [-0.1, -0.05) is 47.5 Å². The summed E-state index contributed by atoms with van der Waals surface area (Å²) in [4.78, 5) is 16.4. The first-order valence-corrected chi connectivity index (χ1v) is 10.3. The molecule has 0 bridgehead atoms. The van der Waals surface area contributed by atoms with Crippen LogP contribution in [-0.2, 0) is 4.79 Å². The maximum absolute atomic E-state index is 12.5. The molecule has 2 heterocycles. The fourth-order valence-electron chi connectivity index (χ4n) is 3.36. The van der Waals surface area contributed by atoms with Gasteiger partial charge >= 0.3 is 0 Å². The number of benzene rings is 2. The van der Waals surface area contributed by atoms with Crippen molar-refractivity contribution in [3.05, 3.63) is 71.2 Å². The van der Waals surface area contributed by atoms with E-state index in [1.165, 1.54) is 0 Å². The van der Waals surface area contributed by atoms with Crippen LogP contribution in [0.15, 0.2) is 60.7 Å². The smallest absolute Gasteiger partial charge is 0.260 e. The SMILES string of the molecule is Cc1ccc(OCC(=O)N2CCN(c3ccc(-c4ccccc4Cl)nn3)CC2)cc1. The summed E-state index contributed by atoms with van der Waals surface area (Å²) < 4.78 is 5.61. The Balaban J connectivity index is 1.30. The van der Waals surface area contributed by atoms with E-state index in [0.717, 1.165) is 22.6 Å². The van der Waals surface area contributed by atoms with E-state index < -0.39 is 0 Å². The average Bonchev–Trinajstić information content (AvgIpc) is 2.79. The van der Waals surface area contributed by atoms with Gasteiger partial charge in [-0.05, 0) is 37.3 Å². The molecule has 0 N–H and O–H groups in total. The van der Waals surface area contributed by atoms with E-state index in [0.29, 0.717) is 37.0 Å². The van der Waals surface area contributed by atoms with E-state index in [-0.39, 0.29) is 12.5 Å². The van der Waals surface area contributed by atoms with Crippen molar-refractivity contribution in [3.63, 3.8) is 0 Å². The second kappa shape index (κ2) is 9.13. The van der Waals surface area contributed by atoms with Gasteiger partial charge in [0.2, 0.25) is 0 Å². The molecule has 0 unspecified atom stereocenters. The molecule has 30 heavy (non-hydrogen) atoms. The summed E-state index contributed by atoms with van der Waals surface area (Å²) in [5.41, 5.74) is 2.77. The molecular formula is C23H23ClN4O2. The number of anilines is 1. The molecule has 6 nitrogen and oxygen atoms in total. The summed E-state index contributed by atoms with van der Waals surface area (Å²) in [6.07, 6.45) is 0. The molecule has 2 aromatic carbocycles. The lowest BCUT2D eigenvalue weighted by Gasteiger charge is -2.35. The quantitative estimate of drug-likeness (QED) is 0.625. The molecule has 1 saturated heterocycles. The molecule has 1 fully saturated rings. The molecule has 3 aromatic rings. The molecule has 0 radical (unpaired) electrons. The van der Waals surface area contributed by atoms with Gasteiger partial charge in [0.15, 0.2) is 12.4 Å². The highest BCUT2D eigenvalue weighted by atomic mass is 35.5. The Morgan fingerprint density at radius 3 is 2.37 bits per heavy atom. The van der Waals surface area contributed by atoms with Crippen molar-refractivity contribution in [2.24, 2.45) is 0 Å². The van der Waals surface area contributed by atoms with Crippen molar-refractivity contribution in [2.75, 3.05) is 37.7 Å². The number of halogens is 1. The van der Waals surface area contributed by atoms with Gasteiger partial charge in [-0.15, -0.1) is 10.2 Å². The summed E-state index contributed by atoms with van der Waals surface area (Å²) >= 11 is 6.24. The summed E-state index contributed by atoms with van der Waals surface area (Å²) in [5.74, 6) is 1.51. The lowest BCUT2D eigenvalue weighted by Crippen LogP contribution is -2.50. The third kappa shape index (κ3) is 4.71. The van der Waals surface area contributed by atoms with Gasteiger partial charge in [0, 0.05) is 31.7 Å². The molecular weight excluding hydrogens is 400 g/mol. The topological polar surface area (TPSA) is 58.6 Å². The second-order valence-electron chi connectivity index (χ2n) is 7.23. The third-order valence-corrected chi connectivity index (χ3v) is 5.47. The Labute approximate surface area is 181 Å². The average molecular weight is 423 g/mol. The van der Waals surface area contributed by atoms with E-state index in [2.05, 4.69) is 15.1 Å². The molecule has 1 aromatic heterocycles. The number of piperazine rings is 1. The van der Waals surface area contributed by atoms with Crippen molar-refractivity contribution in [2.45, 2.75) is 6.92 Å². The molecule has 1 amide bonds. The minimum Gasteiger partial charge on any atom is -0.484 e. The number of hydrogen-bond donors (Lipinski definition) is 0. The predicted octanol–water partition coefficient (Wildman–Crippen LogP) is 3.83. The Hall–Kier alpha value is -3.12. The van der Waals surface area contributed by atoms with Gasteiger partial charge in [-0.2, -0.15) is 0 Å². The lowest BCUT2D eigenvalue weighted by atomic mass is 10.1. The van der Waals surface area contributed by atoms with Gasteiger partial charge < -0.3 is 14.5 Å². The zero-order valence-electron chi connectivity index (χ0n) is 16.8. The molecule has 0 atom stereocenters. The maximum atomic E-state index is 12.5. The summed E-state index contributed by atoms with van der Waals surface area (Å²) in [7, 11) is 0. The molecule has 1 aliphatic heterocycles. The molecule has 4 rings (SSSR count). The highest BCUT2D eigenvalue weighted by molar-refractivity contribution is 6.33. The van der Waals surface area contributed by atoms with Crippen LogP contribution in [0.4, 0.5) is 5.82 Å². The lowest BCUT2D eigenvalue weighted by molar-refractivity contribution is -0.133. The monoisotopic (exact) mass is 422 g/mol. The van der Waals surface area contributed by atoms with Crippen LogP contribution in [0.2, 0.25) is 5.02 Å². The zero-order valence-corrected chi connectivity index (χ0v) is 17.5. The van der Waals surface area contributed by atoms with Crippen molar-refractivity contribution >= 4 is 23.3 Å². The minimum atomic E-state index is -0.00428. The van der Waals surface area contributed by atoms with E-state index in [1.807, 2.05) is 72.5 Å². The number of rotatable bonds is 5. The largest absolute Gasteiger partial charge is 0.484 e. The van der Waals surface area contributed by atoms with Crippen LogP contribution in [-0.4, -0.2) is 53.8 Å². The van der Waals surface area contributed by atoms with Crippen molar-refractivity contribution < 1.29 is 9.53 Å². The number of aryl methyl sites for hydroxylation is 1. The molecule has 7 heteroatoms. The molecule has 1 aliphatic rings. The van der Waals surface area contributed by atoms with Crippen molar-refractivity contribution in [1.82, 2.24) is 15.1 Å². The predicted molar refractivity (Wildman–Crippen MR) is 118 cm³/mol. The van der Waals surface area contributed by atoms with E-state index >= 15 is 0 Å². The van der Waals surface area contributed by atoms with Crippen LogP contribution < -0.4 is 9.64 Å². The van der Waals surface area contributed by atoms with Gasteiger partial charge in [0.1, 0.15) is 5.75 Å². The third-order valence-electron chi connectivity index (χ3n) is 5.14. The van der Waals surface area contributed by atoms with Gasteiger partial charge in [-0.3, -0.25) is 4.79 Å². The Morgan fingerprint density at radius 1 is 0.967 bits per heavy atom. The van der Waals surface area contributed by atoms with Crippen LogP contribution in [0, 0.1) is 6.92 Å². The fraction of sp³-hybridized carbons (Fsp3) is 0.261. The highest BCUT2D eigenvalue weighted by Crippen LogP contribution is 2.26. The first-order chi connectivity index (χ1) is 14.6. The van der Waals surface area contributed by atoms with Crippen molar-refractivity contribution in [3.8, 4) is 17.0 Å². The van der Waals surface area contributed by atoms with E-state index in [4.69, 9.17) is 16.3 Å². The number of aromatic nitrogens is 2. The number of nitrogens with zero attached hydrogens (tertiary/aromatic N) is 4. The summed E-state index contributed by atoms with van der Waals surface area (Å²) in [6.45, 7) is 4.74. The Bertz CT molecular complexity index is 1000. The zero-order chi connectivity index (χ0) is 20.9. The van der Waals surface area contributed by atoms with E-state index in [9.17, 15) is 4.79 Å². The molecule has 0 saturated carbocycles. The van der Waals surface area contributed by atoms with Crippen LogP contribution in [0.3, 0.4) is 0 Å². The highest BCUT2D eigenvalue weighted by Gasteiger charge is 2.22. The normalized spacial score (nSPS) is 13.9. The minimum absolute atomic E-state index is 0.00428. The van der Waals surface area contributed by atoms with Gasteiger partial charge in [0.25, 0.3) is 5.91 Å². The standard InChI is InChI=1S/C23H23ClN4O2/c1-17-6-8-18(9-7-17)30-16-23(29)28-14-12-27(13-15-28)22-11-10-21(25-26-22)19-4-2-3-5-20(19)24/h2-11H,12-16H2,1H3. The number of carbonyl (C=O) groups excluding carboxylic acids is 1. The van der Waals surface area contributed by atoms with Gasteiger partial charge in [0.05, 0.1) is 10.7 Å². The molecule has 0 aliphatic carbocycles. The van der Waals surface area contributed by atoms with Crippen molar-refractivity contribution in [1.29, 1.82) is 0 Å². The van der Waals surface area contributed by atoms with Crippen LogP contribution >= 0.6 is 11.6 Å². The summed E-state index contributed by atoms with van der Waals surface area (Å²) in [5, 5.41) is 9.35. The Kier molecular flexibility index (Phi) is 6.14. The molecule has 154 valence electrons. The number of hydrogen-bond acceptors (Lipinski definition) is 5. The number of carbonyl (C=O) groups is 1. The van der Waals surface area contributed by atoms with E-state index in [1.54, 1.807) is 0 Å². The second-order valence-corrected chi connectivity index (χ2v) is 7.63. The summed E-state index contributed by atoms with van der Waals surface area (Å²) in [6, 6.07) is 19.2. The first-order valence-electron chi connectivity index (χ1n) is 9.91. The van der Waals surface area contributed by atoms with Crippen LogP contribution in [0.1, 0.15) is 5.56 Å².